The second-order valence-electron chi connectivity index (χ2n) is 10.6. The van der Waals surface area contributed by atoms with E-state index in [2.05, 4.69) is 19.9 Å². The summed E-state index contributed by atoms with van der Waals surface area (Å²) in [4.78, 5) is 28.0. The molecule has 6 nitrogen and oxygen atoms in total. The first-order valence-electron chi connectivity index (χ1n) is 13.8. The summed E-state index contributed by atoms with van der Waals surface area (Å²) >= 11 is 0. The van der Waals surface area contributed by atoms with E-state index in [0.717, 1.165) is 50.5 Å². The highest BCUT2D eigenvalue weighted by atomic mass is 16.5. The predicted molar refractivity (Wildman–Crippen MR) is 142 cm³/mol. The monoisotopic (exact) mass is 493 g/mol. The molecule has 2 heterocycles. The second kappa shape index (κ2) is 11.8. The van der Waals surface area contributed by atoms with Gasteiger partial charge in [0.1, 0.15) is 5.75 Å². The van der Waals surface area contributed by atoms with Crippen molar-refractivity contribution < 1.29 is 24.4 Å². The number of nitrogens with zero attached hydrogens (tertiary/aromatic N) is 1. The largest absolute Gasteiger partial charge is 0.508 e. The molecular weight excluding hydrogens is 453 g/mol. The molecule has 1 aromatic rings. The minimum absolute atomic E-state index is 0.0312. The van der Waals surface area contributed by atoms with Gasteiger partial charge in [-0.25, -0.2) is 0 Å². The van der Waals surface area contributed by atoms with E-state index in [1.807, 2.05) is 19.1 Å². The fraction of sp³-hybridized carbons (Fsp3) is 0.586. The van der Waals surface area contributed by atoms with Gasteiger partial charge in [-0.05, 0) is 74.0 Å². The molecule has 4 rings (SSSR count). The molecule has 1 aromatic carbocycles. The van der Waals surface area contributed by atoms with Gasteiger partial charge in [-0.3, -0.25) is 14.5 Å². The summed E-state index contributed by atoms with van der Waals surface area (Å²) in [5.74, 6) is -0.656. The van der Waals surface area contributed by atoms with Crippen molar-refractivity contribution in [2.45, 2.75) is 84.6 Å². The average molecular weight is 493 g/mol. The van der Waals surface area contributed by atoms with Crippen LogP contribution in [0.25, 0.3) is 6.08 Å². The normalized spacial score (nSPS) is 26.5. The van der Waals surface area contributed by atoms with Crippen LogP contribution in [0.15, 0.2) is 41.0 Å². The molecule has 1 aliphatic carbocycles. The van der Waals surface area contributed by atoms with E-state index < -0.39 is 7.12 Å². The number of carbonyl (C=O) groups excluding carboxylic acids is 2. The Labute approximate surface area is 215 Å². The molecule has 0 bridgehead atoms. The van der Waals surface area contributed by atoms with Gasteiger partial charge in [0, 0.05) is 6.54 Å². The molecule has 3 aliphatic rings. The van der Waals surface area contributed by atoms with E-state index in [9.17, 15) is 19.7 Å². The van der Waals surface area contributed by atoms with Gasteiger partial charge in [0.15, 0.2) is 0 Å². The summed E-state index contributed by atoms with van der Waals surface area (Å²) in [7, 11) is -0.932. The summed E-state index contributed by atoms with van der Waals surface area (Å²) in [6.45, 7) is 6.76. The van der Waals surface area contributed by atoms with Crippen LogP contribution in [0.4, 0.5) is 0 Å². The number of amides is 2. The molecular formula is C29H40BNO5. The highest BCUT2D eigenvalue weighted by molar-refractivity contribution is 6.43. The van der Waals surface area contributed by atoms with E-state index >= 15 is 0 Å². The first kappa shape index (κ1) is 26.7. The lowest BCUT2D eigenvalue weighted by Crippen LogP contribution is -2.46. The number of phenols is 1. The Balaban J connectivity index is 1.62. The molecule has 0 aromatic heterocycles. The number of allylic oxidation sites excluding steroid dienone is 2. The molecule has 0 radical (unpaired) electrons. The summed E-state index contributed by atoms with van der Waals surface area (Å²) < 4.78 is 6.14. The van der Waals surface area contributed by atoms with Gasteiger partial charge in [-0.15, -0.1) is 0 Å². The Morgan fingerprint density at radius 1 is 1.11 bits per heavy atom. The highest BCUT2D eigenvalue weighted by Gasteiger charge is 2.56. The van der Waals surface area contributed by atoms with Gasteiger partial charge < -0.3 is 14.8 Å². The van der Waals surface area contributed by atoms with Crippen molar-refractivity contribution in [1.29, 1.82) is 0 Å². The summed E-state index contributed by atoms with van der Waals surface area (Å²) in [6, 6.07) is 7.27. The summed E-state index contributed by atoms with van der Waals surface area (Å²) in [5.41, 5.74) is 4.68. The number of imide groups is 1. The third-order valence-corrected chi connectivity index (χ3v) is 7.94. The number of rotatable bonds is 10. The average Bonchev–Trinajstić information content (AvgIpc) is 3.07. The summed E-state index contributed by atoms with van der Waals surface area (Å²) in [6.07, 6.45) is 8.99. The Morgan fingerprint density at radius 2 is 1.92 bits per heavy atom. The standard InChI is InChI=1S/C29H40BNO5/c1-4-8-19(15-20-10-7-11-22(32)16-20)12-13-25-26-21(9-5-2)17-23-27(24(26)18-30(35)36-25)29(34)31(14-6-3)28(23)33/h7,10-11,15-16,23-25,27,32,35H,4-6,8-9,12-14,17-18H2,1-3H3/b19-15+/t23-,24+,25-,27-/m1/s1. The third kappa shape index (κ3) is 5.47. The number of hydrogen-bond donors (Lipinski definition) is 2. The number of phenolic OH excluding ortho intramolecular Hbond substituents is 1. The van der Waals surface area contributed by atoms with E-state index in [1.54, 1.807) is 12.1 Å². The van der Waals surface area contributed by atoms with Crippen LogP contribution in [-0.4, -0.2) is 46.6 Å². The van der Waals surface area contributed by atoms with Crippen molar-refractivity contribution in [2.24, 2.45) is 17.8 Å². The lowest BCUT2D eigenvalue weighted by Gasteiger charge is -2.43. The molecule has 2 aliphatic heterocycles. The summed E-state index contributed by atoms with van der Waals surface area (Å²) in [5, 5.41) is 20.6. The van der Waals surface area contributed by atoms with Gasteiger partial charge in [-0.1, -0.05) is 63.0 Å². The zero-order chi connectivity index (χ0) is 25.8. The minimum Gasteiger partial charge on any atom is -0.508 e. The highest BCUT2D eigenvalue weighted by Crippen LogP contribution is 2.51. The van der Waals surface area contributed by atoms with Gasteiger partial charge in [0.25, 0.3) is 0 Å². The van der Waals surface area contributed by atoms with E-state index in [1.165, 1.54) is 21.6 Å². The number of carbonyl (C=O) groups is 2. The Hall–Kier alpha value is -2.38. The van der Waals surface area contributed by atoms with Crippen molar-refractivity contribution in [3.63, 3.8) is 0 Å². The number of fused-ring (bicyclic) bond motifs is 3. The van der Waals surface area contributed by atoms with Crippen molar-refractivity contribution in [1.82, 2.24) is 4.90 Å². The molecule has 4 atom stereocenters. The van der Waals surface area contributed by atoms with Gasteiger partial charge >= 0.3 is 7.12 Å². The SMILES string of the molecule is CCCC1=C2[C@@H](CC/C(=C/c3cccc(O)c3)CCC)OB(O)C[C@@H]2[C@@H]2C(=O)N(CCC)C(=O)[C@@H]2C1. The molecule has 2 amide bonds. The van der Waals surface area contributed by atoms with Crippen LogP contribution in [0.1, 0.15) is 77.7 Å². The maximum absolute atomic E-state index is 13.4. The van der Waals surface area contributed by atoms with E-state index in [0.29, 0.717) is 19.3 Å². The van der Waals surface area contributed by atoms with Crippen LogP contribution in [-0.2, 0) is 14.2 Å². The minimum atomic E-state index is -0.932. The number of aromatic hydroxyl groups is 1. The van der Waals surface area contributed by atoms with E-state index in [4.69, 9.17) is 4.65 Å². The molecule has 7 heteroatoms. The maximum Gasteiger partial charge on any atom is 0.455 e. The number of likely N-dealkylation sites (tertiary alicyclic amines) is 1. The van der Waals surface area contributed by atoms with Crippen LogP contribution < -0.4 is 0 Å². The molecule has 194 valence electrons. The Kier molecular flexibility index (Phi) is 8.73. The first-order valence-corrected chi connectivity index (χ1v) is 13.8. The molecule has 2 N–H and O–H groups in total. The van der Waals surface area contributed by atoms with Crippen LogP contribution in [0.5, 0.6) is 5.75 Å². The molecule has 2 saturated heterocycles. The second-order valence-corrected chi connectivity index (χ2v) is 10.6. The lowest BCUT2D eigenvalue weighted by molar-refractivity contribution is -0.140. The smallest absolute Gasteiger partial charge is 0.455 e. The molecule has 0 spiro atoms. The first-order chi connectivity index (χ1) is 17.4. The number of hydrogen-bond acceptors (Lipinski definition) is 5. The molecule has 36 heavy (non-hydrogen) atoms. The van der Waals surface area contributed by atoms with Gasteiger partial charge in [0.2, 0.25) is 11.8 Å². The van der Waals surface area contributed by atoms with Crippen molar-refractivity contribution in [2.75, 3.05) is 6.54 Å². The maximum atomic E-state index is 13.4. The zero-order valence-electron chi connectivity index (χ0n) is 21.9. The van der Waals surface area contributed by atoms with Gasteiger partial charge in [-0.2, -0.15) is 0 Å². The van der Waals surface area contributed by atoms with Crippen LogP contribution in [0, 0.1) is 17.8 Å². The van der Waals surface area contributed by atoms with Gasteiger partial charge in [0.05, 0.1) is 17.9 Å². The van der Waals surface area contributed by atoms with Crippen molar-refractivity contribution in [3.8, 4) is 5.75 Å². The van der Waals surface area contributed by atoms with Crippen LogP contribution in [0.2, 0.25) is 6.32 Å². The molecule has 2 fully saturated rings. The van der Waals surface area contributed by atoms with E-state index in [-0.39, 0.29) is 41.4 Å². The van der Waals surface area contributed by atoms with Crippen molar-refractivity contribution >= 4 is 25.0 Å². The fourth-order valence-electron chi connectivity index (χ4n) is 6.57. The Morgan fingerprint density at radius 3 is 2.61 bits per heavy atom. The lowest BCUT2D eigenvalue weighted by atomic mass is 9.58. The van der Waals surface area contributed by atoms with Crippen LogP contribution in [0.3, 0.4) is 0 Å². The quantitative estimate of drug-likeness (QED) is 0.260. The van der Waals surface area contributed by atoms with Crippen LogP contribution >= 0.6 is 0 Å². The molecule has 0 unspecified atom stereocenters. The Bertz CT molecular complexity index is 1030. The topological polar surface area (TPSA) is 87.1 Å². The predicted octanol–water partition coefficient (Wildman–Crippen LogP) is 5.36. The molecule has 0 saturated carbocycles. The fourth-order valence-corrected chi connectivity index (χ4v) is 6.57. The van der Waals surface area contributed by atoms with Crippen molar-refractivity contribution in [3.05, 3.63) is 46.5 Å². The third-order valence-electron chi connectivity index (χ3n) is 7.94. The number of benzene rings is 1. The zero-order valence-corrected chi connectivity index (χ0v) is 21.9.